The van der Waals surface area contributed by atoms with E-state index in [4.69, 9.17) is 0 Å². The first kappa shape index (κ1) is 20.0. The van der Waals surface area contributed by atoms with Crippen molar-refractivity contribution >= 4 is 39.9 Å². The Morgan fingerprint density at radius 1 is 1.00 bits per heavy atom. The summed E-state index contributed by atoms with van der Waals surface area (Å²) in [4.78, 5) is 29.3. The Balaban J connectivity index is 1.70. The molecule has 9 heteroatoms. The molecule has 0 saturated heterocycles. The highest BCUT2D eigenvalue weighted by atomic mass is 19.1. The highest BCUT2D eigenvalue weighted by Gasteiger charge is 2.16. The van der Waals surface area contributed by atoms with Crippen LogP contribution < -0.4 is 16.0 Å². The van der Waals surface area contributed by atoms with Gasteiger partial charge in [0.05, 0.1) is 17.4 Å². The van der Waals surface area contributed by atoms with Crippen LogP contribution in [0.3, 0.4) is 0 Å². The van der Waals surface area contributed by atoms with E-state index < -0.39 is 11.7 Å². The summed E-state index contributed by atoms with van der Waals surface area (Å²) in [6.45, 7) is 1.93. The highest BCUT2D eigenvalue weighted by molar-refractivity contribution is 6.08. The lowest BCUT2D eigenvalue weighted by atomic mass is 10.1. The van der Waals surface area contributed by atoms with Gasteiger partial charge in [-0.2, -0.15) is 5.10 Å². The molecule has 0 bridgehead atoms. The summed E-state index contributed by atoms with van der Waals surface area (Å²) in [6.07, 6.45) is 2.85. The average Bonchev–Trinajstić information content (AvgIpc) is 3.25. The van der Waals surface area contributed by atoms with Crippen LogP contribution in [0.15, 0.2) is 54.9 Å². The number of aromatic nitrogens is 3. The number of amides is 2. The van der Waals surface area contributed by atoms with Gasteiger partial charge in [0.1, 0.15) is 11.3 Å². The van der Waals surface area contributed by atoms with Crippen LogP contribution in [0.4, 0.5) is 21.6 Å². The van der Waals surface area contributed by atoms with Crippen molar-refractivity contribution in [3.05, 3.63) is 77.4 Å². The zero-order valence-corrected chi connectivity index (χ0v) is 16.8. The molecule has 2 heterocycles. The fraction of sp³-hybridized carbons (Fsp3) is 0.0909. The summed E-state index contributed by atoms with van der Waals surface area (Å²) in [5.74, 6) is -1.14. The van der Waals surface area contributed by atoms with E-state index in [-0.39, 0.29) is 28.2 Å². The van der Waals surface area contributed by atoms with Crippen LogP contribution in [0, 0.1) is 12.7 Å². The number of carbonyl (C=O) groups is 2. The Hall–Kier alpha value is -4.27. The first-order chi connectivity index (χ1) is 15.0. The SMILES string of the molecule is CNC(=O)c1cnc(Nc2ccccc2C)c(NC(=O)c2cc(F)c3[nH]ncc3c2)c1. The lowest BCUT2D eigenvalue weighted by molar-refractivity contribution is 0.0961. The number of aromatic amines is 1. The van der Waals surface area contributed by atoms with Gasteiger partial charge in [0.2, 0.25) is 0 Å². The van der Waals surface area contributed by atoms with E-state index in [2.05, 4.69) is 31.1 Å². The molecule has 0 aliphatic carbocycles. The molecule has 4 N–H and O–H groups in total. The summed E-state index contributed by atoms with van der Waals surface area (Å²) < 4.78 is 14.3. The molecule has 2 aromatic carbocycles. The van der Waals surface area contributed by atoms with Crippen molar-refractivity contribution in [2.24, 2.45) is 0 Å². The Bertz CT molecular complexity index is 1300. The third-order valence-electron chi connectivity index (χ3n) is 4.79. The van der Waals surface area contributed by atoms with E-state index in [9.17, 15) is 14.0 Å². The number of fused-ring (bicyclic) bond motifs is 1. The van der Waals surface area contributed by atoms with Gasteiger partial charge in [-0.1, -0.05) is 18.2 Å². The number of hydrogen-bond donors (Lipinski definition) is 4. The maximum Gasteiger partial charge on any atom is 0.255 e. The lowest BCUT2D eigenvalue weighted by Gasteiger charge is -2.15. The minimum Gasteiger partial charge on any atom is -0.355 e. The van der Waals surface area contributed by atoms with Crippen molar-refractivity contribution in [1.82, 2.24) is 20.5 Å². The van der Waals surface area contributed by atoms with E-state index in [1.807, 2.05) is 31.2 Å². The molecule has 0 radical (unpaired) electrons. The van der Waals surface area contributed by atoms with Crippen molar-refractivity contribution in [3.8, 4) is 0 Å². The fourth-order valence-electron chi connectivity index (χ4n) is 3.11. The molecular formula is C22H19FN6O2. The number of hydrogen-bond acceptors (Lipinski definition) is 5. The van der Waals surface area contributed by atoms with Crippen LogP contribution in [0.25, 0.3) is 10.9 Å². The van der Waals surface area contributed by atoms with Gasteiger partial charge in [-0.05, 0) is 36.8 Å². The summed E-state index contributed by atoms with van der Waals surface area (Å²) in [5, 5.41) is 15.2. The molecule has 0 spiro atoms. The molecule has 0 aliphatic heterocycles. The largest absolute Gasteiger partial charge is 0.355 e. The quantitative estimate of drug-likeness (QED) is 0.394. The predicted molar refractivity (Wildman–Crippen MR) is 116 cm³/mol. The molecule has 2 aromatic heterocycles. The minimum absolute atomic E-state index is 0.110. The van der Waals surface area contributed by atoms with Gasteiger partial charge < -0.3 is 16.0 Å². The minimum atomic E-state index is -0.587. The molecule has 0 unspecified atom stereocenters. The monoisotopic (exact) mass is 418 g/mol. The third-order valence-corrected chi connectivity index (χ3v) is 4.79. The van der Waals surface area contributed by atoms with Crippen molar-refractivity contribution in [3.63, 3.8) is 0 Å². The van der Waals surface area contributed by atoms with Crippen LogP contribution in [-0.2, 0) is 0 Å². The molecule has 2 amide bonds. The van der Waals surface area contributed by atoms with E-state index in [1.165, 1.54) is 31.6 Å². The van der Waals surface area contributed by atoms with Gasteiger partial charge >= 0.3 is 0 Å². The first-order valence-corrected chi connectivity index (χ1v) is 9.45. The molecule has 156 valence electrons. The van der Waals surface area contributed by atoms with Gasteiger partial charge in [-0.25, -0.2) is 9.37 Å². The van der Waals surface area contributed by atoms with Crippen molar-refractivity contribution in [2.75, 3.05) is 17.7 Å². The van der Waals surface area contributed by atoms with Gasteiger partial charge in [-0.3, -0.25) is 14.7 Å². The number of pyridine rings is 1. The number of benzene rings is 2. The molecular weight excluding hydrogens is 399 g/mol. The van der Waals surface area contributed by atoms with Crippen molar-refractivity contribution < 1.29 is 14.0 Å². The average molecular weight is 418 g/mol. The zero-order chi connectivity index (χ0) is 22.0. The Kier molecular flexibility index (Phi) is 5.31. The standard InChI is InChI=1S/C22H19FN6O2/c1-12-5-3-4-6-17(12)27-20-18(9-15(10-25-20)21(30)24-2)28-22(31)13-7-14-11-26-29-19(14)16(23)8-13/h3-11H,1-2H3,(H,24,30)(H,25,27)(H,26,29)(H,28,31). The number of aryl methyl sites for hydroxylation is 1. The summed E-state index contributed by atoms with van der Waals surface area (Å²) in [6, 6.07) is 11.8. The van der Waals surface area contributed by atoms with E-state index in [0.717, 1.165) is 17.3 Å². The second kappa shape index (κ2) is 8.23. The maximum atomic E-state index is 14.3. The molecule has 0 atom stereocenters. The molecule has 31 heavy (non-hydrogen) atoms. The number of halogens is 1. The number of H-pyrrole nitrogens is 1. The highest BCUT2D eigenvalue weighted by Crippen LogP contribution is 2.27. The molecule has 0 saturated carbocycles. The van der Waals surface area contributed by atoms with Gasteiger partial charge in [0.15, 0.2) is 5.82 Å². The van der Waals surface area contributed by atoms with E-state index >= 15 is 0 Å². The van der Waals surface area contributed by atoms with Crippen LogP contribution in [0.1, 0.15) is 26.3 Å². The second-order valence-electron chi connectivity index (χ2n) is 6.89. The molecule has 4 aromatic rings. The number of nitrogens with zero attached hydrogens (tertiary/aromatic N) is 2. The smallest absolute Gasteiger partial charge is 0.255 e. The lowest BCUT2D eigenvalue weighted by Crippen LogP contribution is -2.20. The fourth-order valence-corrected chi connectivity index (χ4v) is 3.11. The summed E-state index contributed by atoms with van der Waals surface area (Å²) >= 11 is 0. The van der Waals surface area contributed by atoms with E-state index in [0.29, 0.717) is 11.2 Å². The first-order valence-electron chi connectivity index (χ1n) is 9.45. The number of para-hydroxylation sites is 1. The summed E-state index contributed by atoms with van der Waals surface area (Å²) in [7, 11) is 1.50. The van der Waals surface area contributed by atoms with Crippen LogP contribution in [0.2, 0.25) is 0 Å². The van der Waals surface area contributed by atoms with Crippen LogP contribution in [-0.4, -0.2) is 34.0 Å². The molecule has 0 aliphatic rings. The Morgan fingerprint density at radius 3 is 2.58 bits per heavy atom. The zero-order valence-electron chi connectivity index (χ0n) is 16.8. The third kappa shape index (κ3) is 4.06. The van der Waals surface area contributed by atoms with Gasteiger partial charge in [-0.15, -0.1) is 0 Å². The Labute approximate surface area is 176 Å². The number of nitrogens with one attached hydrogen (secondary N) is 4. The maximum absolute atomic E-state index is 14.3. The topological polar surface area (TPSA) is 112 Å². The number of anilines is 3. The van der Waals surface area contributed by atoms with Crippen molar-refractivity contribution in [1.29, 1.82) is 0 Å². The molecule has 0 fully saturated rings. The van der Waals surface area contributed by atoms with Gasteiger partial charge in [0, 0.05) is 29.9 Å². The number of rotatable bonds is 5. The van der Waals surface area contributed by atoms with Crippen LogP contribution in [0.5, 0.6) is 0 Å². The second-order valence-corrected chi connectivity index (χ2v) is 6.89. The van der Waals surface area contributed by atoms with Crippen molar-refractivity contribution in [2.45, 2.75) is 6.92 Å². The van der Waals surface area contributed by atoms with Gasteiger partial charge in [0.25, 0.3) is 11.8 Å². The Morgan fingerprint density at radius 2 is 1.81 bits per heavy atom. The number of carbonyl (C=O) groups excluding carboxylic acids is 2. The molecule has 8 nitrogen and oxygen atoms in total. The normalized spacial score (nSPS) is 10.7. The van der Waals surface area contributed by atoms with Crippen LogP contribution >= 0.6 is 0 Å². The molecule has 4 rings (SSSR count). The predicted octanol–water partition coefficient (Wildman–Crippen LogP) is 3.76. The van der Waals surface area contributed by atoms with E-state index in [1.54, 1.807) is 0 Å². The summed E-state index contributed by atoms with van der Waals surface area (Å²) in [5.41, 5.74) is 2.65.